The third kappa shape index (κ3) is 5.37. The zero-order valence-corrected chi connectivity index (χ0v) is 17.6. The molecule has 1 N–H and O–H groups in total. The molecule has 2 aromatic rings. The fourth-order valence-electron chi connectivity index (χ4n) is 4.18. The largest absolute Gasteiger partial charge is 0.357 e. The van der Waals surface area contributed by atoms with Crippen molar-refractivity contribution in [2.45, 2.75) is 52.5 Å². The van der Waals surface area contributed by atoms with E-state index in [1.54, 1.807) is 0 Å². The molecule has 2 unspecified atom stereocenters. The molecular weight excluding hydrogens is 346 g/mol. The van der Waals surface area contributed by atoms with Crippen LogP contribution in [0.4, 0.5) is 0 Å². The van der Waals surface area contributed by atoms with E-state index < -0.39 is 0 Å². The van der Waals surface area contributed by atoms with E-state index in [9.17, 15) is 0 Å². The lowest BCUT2D eigenvalue weighted by Crippen LogP contribution is -2.48. The Morgan fingerprint density at radius 1 is 1.25 bits per heavy atom. The molecule has 0 amide bonds. The highest BCUT2D eigenvalue weighted by molar-refractivity contribution is 5.80. The summed E-state index contributed by atoms with van der Waals surface area (Å²) in [4.78, 5) is 11.7. The van der Waals surface area contributed by atoms with Crippen LogP contribution in [0, 0.1) is 12.8 Å². The Morgan fingerprint density at radius 3 is 2.75 bits per heavy atom. The highest BCUT2D eigenvalue weighted by Gasteiger charge is 2.28. The van der Waals surface area contributed by atoms with Crippen LogP contribution in [0.2, 0.25) is 0 Å². The highest BCUT2D eigenvalue weighted by Crippen LogP contribution is 2.32. The smallest absolute Gasteiger partial charge is 0.193 e. The monoisotopic (exact) mass is 381 g/mol. The predicted molar refractivity (Wildman–Crippen MR) is 117 cm³/mol. The lowest BCUT2D eigenvalue weighted by molar-refractivity contribution is 0.234. The molecule has 0 saturated carbocycles. The summed E-state index contributed by atoms with van der Waals surface area (Å²) in [5, 5.41) is 3.50. The van der Waals surface area contributed by atoms with E-state index in [1.165, 1.54) is 12.0 Å². The van der Waals surface area contributed by atoms with Crippen LogP contribution in [-0.2, 0) is 6.54 Å². The first-order valence-electron chi connectivity index (χ1n) is 10.7. The van der Waals surface area contributed by atoms with Crippen molar-refractivity contribution in [1.82, 2.24) is 19.8 Å². The first kappa shape index (κ1) is 20.4. The molecule has 5 heteroatoms. The van der Waals surface area contributed by atoms with Gasteiger partial charge in [-0.25, -0.2) is 4.98 Å². The summed E-state index contributed by atoms with van der Waals surface area (Å²) >= 11 is 0. The van der Waals surface area contributed by atoms with Gasteiger partial charge in [0.05, 0.1) is 0 Å². The van der Waals surface area contributed by atoms with E-state index in [1.807, 2.05) is 6.20 Å². The number of unbranched alkanes of at least 4 members (excludes halogenated alkanes) is 1. The van der Waals surface area contributed by atoms with Gasteiger partial charge in [-0.15, -0.1) is 0 Å². The van der Waals surface area contributed by atoms with Gasteiger partial charge in [0.1, 0.15) is 5.82 Å². The highest BCUT2D eigenvalue weighted by atomic mass is 15.3. The zero-order valence-electron chi connectivity index (χ0n) is 17.6. The Hall–Kier alpha value is -2.30. The molecule has 1 saturated heterocycles. The molecule has 0 aliphatic carbocycles. The van der Waals surface area contributed by atoms with Crippen molar-refractivity contribution >= 4 is 5.96 Å². The van der Waals surface area contributed by atoms with E-state index >= 15 is 0 Å². The van der Waals surface area contributed by atoms with Crippen LogP contribution in [0.15, 0.2) is 47.7 Å². The Kier molecular flexibility index (Phi) is 7.52. The molecule has 2 atom stereocenters. The van der Waals surface area contributed by atoms with Crippen LogP contribution in [0.25, 0.3) is 0 Å². The molecular formula is C23H35N5. The van der Waals surface area contributed by atoms with Crippen molar-refractivity contribution in [2.75, 3.05) is 26.2 Å². The first-order valence-corrected chi connectivity index (χ1v) is 10.7. The summed E-state index contributed by atoms with van der Waals surface area (Å²) in [6.07, 6.45) is 7.35. The lowest BCUT2D eigenvalue weighted by Gasteiger charge is -2.39. The minimum Gasteiger partial charge on any atom is -0.357 e. The molecule has 2 heterocycles. The summed E-state index contributed by atoms with van der Waals surface area (Å²) in [6.45, 7) is 11.5. The molecule has 1 aliphatic rings. The maximum Gasteiger partial charge on any atom is 0.193 e. The second-order valence-electron chi connectivity index (χ2n) is 7.84. The van der Waals surface area contributed by atoms with Crippen molar-refractivity contribution < 1.29 is 0 Å². The molecule has 152 valence electrons. The summed E-state index contributed by atoms with van der Waals surface area (Å²) in [6, 6.07) is 11.0. The SMILES string of the molecule is CCNC(=NCCCCn1ccnc1C)N1CCC(c2ccccc2)C(C)C1. The number of aryl methyl sites for hydroxylation is 2. The van der Waals surface area contributed by atoms with E-state index in [0.717, 1.165) is 57.3 Å². The van der Waals surface area contributed by atoms with E-state index in [-0.39, 0.29) is 0 Å². The molecule has 5 nitrogen and oxygen atoms in total. The van der Waals surface area contributed by atoms with Crippen molar-refractivity contribution in [2.24, 2.45) is 10.9 Å². The minimum atomic E-state index is 0.629. The molecule has 0 radical (unpaired) electrons. The van der Waals surface area contributed by atoms with Gasteiger partial charge >= 0.3 is 0 Å². The van der Waals surface area contributed by atoms with Gasteiger partial charge in [-0.2, -0.15) is 0 Å². The molecule has 1 aliphatic heterocycles. The van der Waals surface area contributed by atoms with Crippen LogP contribution in [0.3, 0.4) is 0 Å². The van der Waals surface area contributed by atoms with Crippen molar-refractivity contribution in [1.29, 1.82) is 0 Å². The lowest BCUT2D eigenvalue weighted by atomic mass is 9.82. The summed E-state index contributed by atoms with van der Waals surface area (Å²) in [7, 11) is 0. The standard InChI is InChI=1S/C23H35N5/c1-4-24-23(26-13-8-9-15-27-17-14-25-20(27)3)28-16-12-22(19(2)18-28)21-10-6-5-7-11-21/h5-7,10-11,14,17,19,22H,4,8-9,12-13,15-16,18H2,1-3H3,(H,24,26). The van der Waals surface area contributed by atoms with E-state index in [2.05, 4.69) is 77.1 Å². The first-order chi connectivity index (χ1) is 13.7. The average molecular weight is 382 g/mol. The van der Waals surface area contributed by atoms with Crippen LogP contribution in [0.5, 0.6) is 0 Å². The molecule has 28 heavy (non-hydrogen) atoms. The summed E-state index contributed by atoms with van der Waals surface area (Å²) in [5.74, 6) is 3.45. The van der Waals surface area contributed by atoms with Gasteiger partial charge in [-0.1, -0.05) is 37.3 Å². The molecule has 1 aromatic heterocycles. The van der Waals surface area contributed by atoms with Crippen LogP contribution < -0.4 is 5.32 Å². The zero-order chi connectivity index (χ0) is 19.8. The number of aliphatic imine (C=N–C) groups is 1. The van der Waals surface area contributed by atoms with E-state index in [4.69, 9.17) is 4.99 Å². The molecule has 0 spiro atoms. The fraction of sp³-hybridized carbons (Fsp3) is 0.565. The van der Waals surface area contributed by atoms with Gasteiger partial charge in [-0.05, 0) is 50.5 Å². The number of piperidine rings is 1. The Morgan fingerprint density at radius 2 is 2.07 bits per heavy atom. The number of hydrogen-bond donors (Lipinski definition) is 1. The third-order valence-corrected chi connectivity index (χ3v) is 5.76. The van der Waals surface area contributed by atoms with Crippen LogP contribution in [-0.4, -0.2) is 46.6 Å². The molecule has 1 fully saturated rings. The quantitative estimate of drug-likeness (QED) is 0.447. The molecule has 0 bridgehead atoms. The molecule has 1 aromatic carbocycles. The topological polar surface area (TPSA) is 45.5 Å². The van der Waals surface area contributed by atoms with Gasteiger partial charge in [-0.3, -0.25) is 4.99 Å². The fourth-order valence-corrected chi connectivity index (χ4v) is 4.18. The van der Waals surface area contributed by atoms with Crippen molar-refractivity contribution in [3.8, 4) is 0 Å². The van der Waals surface area contributed by atoms with E-state index in [0.29, 0.717) is 11.8 Å². The van der Waals surface area contributed by atoms with Crippen LogP contribution in [0.1, 0.15) is 50.4 Å². The van der Waals surface area contributed by atoms with Gasteiger partial charge in [0.25, 0.3) is 0 Å². The van der Waals surface area contributed by atoms with Gasteiger partial charge < -0.3 is 14.8 Å². The average Bonchev–Trinajstić information content (AvgIpc) is 3.12. The molecule has 3 rings (SSSR count). The Bertz CT molecular complexity index is 736. The third-order valence-electron chi connectivity index (χ3n) is 5.76. The predicted octanol–water partition coefficient (Wildman–Crippen LogP) is 4.06. The number of rotatable bonds is 7. The minimum absolute atomic E-state index is 0.629. The number of benzene rings is 1. The van der Waals surface area contributed by atoms with Gasteiger partial charge in [0.2, 0.25) is 0 Å². The van der Waals surface area contributed by atoms with Crippen molar-refractivity contribution in [3.05, 3.63) is 54.1 Å². The second kappa shape index (κ2) is 10.3. The number of likely N-dealkylation sites (tertiary alicyclic amines) is 1. The maximum atomic E-state index is 4.92. The number of imidazole rings is 1. The van der Waals surface area contributed by atoms with Gasteiger partial charge in [0.15, 0.2) is 5.96 Å². The summed E-state index contributed by atoms with van der Waals surface area (Å²) in [5.41, 5.74) is 1.48. The Labute approximate surface area is 169 Å². The van der Waals surface area contributed by atoms with Crippen LogP contribution >= 0.6 is 0 Å². The van der Waals surface area contributed by atoms with Gasteiger partial charge in [0, 0.05) is 45.1 Å². The number of aromatic nitrogens is 2. The Balaban J connectivity index is 1.50. The number of guanidine groups is 1. The summed E-state index contributed by atoms with van der Waals surface area (Å²) < 4.78 is 2.21. The maximum absolute atomic E-state index is 4.92. The van der Waals surface area contributed by atoms with Crippen molar-refractivity contribution in [3.63, 3.8) is 0 Å². The second-order valence-corrected chi connectivity index (χ2v) is 7.84. The number of hydrogen-bond acceptors (Lipinski definition) is 2. The normalized spacial score (nSPS) is 20.4. The number of nitrogens with one attached hydrogen (secondary N) is 1. The number of nitrogens with zero attached hydrogens (tertiary/aromatic N) is 4.